The van der Waals surface area contributed by atoms with Crippen LogP contribution < -0.4 is 5.73 Å². The first-order chi connectivity index (χ1) is 9.15. The SMILES string of the molecule is Cc1nc(-c2cc(Cl)ccc2N)nc2c1CCCC2. The molecule has 0 fully saturated rings. The van der Waals surface area contributed by atoms with Crippen molar-refractivity contribution in [2.24, 2.45) is 0 Å². The fraction of sp³-hybridized carbons (Fsp3) is 0.333. The maximum atomic E-state index is 6.04. The average Bonchev–Trinajstić information content (AvgIpc) is 2.41. The summed E-state index contributed by atoms with van der Waals surface area (Å²) >= 11 is 6.04. The molecule has 0 bridgehead atoms. The molecule has 2 N–H and O–H groups in total. The van der Waals surface area contributed by atoms with Gasteiger partial charge in [-0.25, -0.2) is 9.97 Å². The molecule has 0 atom stereocenters. The minimum Gasteiger partial charge on any atom is -0.398 e. The molecule has 1 aromatic heterocycles. The summed E-state index contributed by atoms with van der Waals surface area (Å²) in [5.41, 5.74) is 11.1. The van der Waals surface area contributed by atoms with Gasteiger partial charge in [0.1, 0.15) is 0 Å². The van der Waals surface area contributed by atoms with Crippen LogP contribution in [0.4, 0.5) is 5.69 Å². The molecule has 0 saturated carbocycles. The number of hydrogen-bond acceptors (Lipinski definition) is 3. The van der Waals surface area contributed by atoms with E-state index in [0.717, 1.165) is 24.1 Å². The van der Waals surface area contributed by atoms with E-state index in [0.29, 0.717) is 16.5 Å². The van der Waals surface area contributed by atoms with Crippen LogP contribution in [0.3, 0.4) is 0 Å². The van der Waals surface area contributed by atoms with Crippen LogP contribution >= 0.6 is 11.6 Å². The van der Waals surface area contributed by atoms with Gasteiger partial charge in [0, 0.05) is 27.7 Å². The maximum absolute atomic E-state index is 6.04. The molecule has 2 aromatic rings. The van der Waals surface area contributed by atoms with Gasteiger partial charge in [-0.15, -0.1) is 0 Å². The Morgan fingerprint density at radius 1 is 1.16 bits per heavy atom. The van der Waals surface area contributed by atoms with Crippen molar-refractivity contribution < 1.29 is 0 Å². The third-order valence-corrected chi connectivity index (χ3v) is 3.88. The molecule has 0 amide bonds. The van der Waals surface area contributed by atoms with E-state index in [1.165, 1.54) is 24.1 Å². The zero-order chi connectivity index (χ0) is 13.4. The smallest absolute Gasteiger partial charge is 0.161 e. The molecule has 3 nitrogen and oxygen atoms in total. The molecule has 1 aliphatic carbocycles. The second kappa shape index (κ2) is 4.82. The summed E-state index contributed by atoms with van der Waals surface area (Å²) in [7, 11) is 0. The lowest BCUT2D eigenvalue weighted by molar-refractivity contribution is 0.658. The minimum absolute atomic E-state index is 0.656. The van der Waals surface area contributed by atoms with Gasteiger partial charge in [0.25, 0.3) is 0 Å². The molecule has 98 valence electrons. The molecule has 0 spiro atoms. The second-order valence-corrected chi connectivity index (χ2v) is 5.43. The molecule has 3 rings (SSSR count). The van der Waals surface area contributed by atoms with Crippen molar-refractivity contribution in [3.63, 3.8) is 0 Å². The zero-order valence-corrected chi connectivity index (χ0v) is 11.7. The van der Waals surface area contributed by atoms with E-state index in [1.807, 2.05) is 6.07 Å². The van der Waals surface area contributed by atoms with Crippen LogP contribution in [0.2, 0.25) is 5.02 Å². The highest BCUT2D eigenvalue weighted by Crippen LogP contribution is 2.29. The Bertz CT molecular complexity index is 638. The summed E-state index contributed by atoms with van der Waals surface area (Å²) in [5.74, 6) is 0.693. The Morgan fingerprint density at radius 3 is 2.79 bits per heavy atom. The molecule has 0 radical (unpaired) electrons. The Morgan fingerprint density at radius 2 is 1.95 bits per heavy atom. The van der Waals surface area contributed by atoms with Crippen LogP contribution in [0.15, 0.2) is 18.2 Å². The summed E-state index contributed by atoms with van der Waals surface area (Å²) in [5, 5.41) is 0.656. The lowest BCUT2D eigenvalue weighted by Crippen LogP contribution is -2.10. The second-order valence-electron chi connectivity index (χ2n) is 5.00. The zero-order valence-electron chi connectivity index (χ0n) is 10.9. The van der Waals surface area contributed by atoms with Gasteiger partial charge in [-0.05, 0) is 56.4 Å². The number of benzene rings is 1. The van der Waals surface area contributed by atoms with E-state index in [4.69, 9.17) is 22.3 Å². The summed E-state index contributed by atoms with van der Waals surface area (Å²) in [6.45, 7) is 2.05. The number of nitrogen functional groups attached to an aromatic ring is 1. The molecule has 4 heteroatoms. The highest BCUT2D eigenvalue weighted by atomic mass is 35.5. The largest absolute Gasteiger partial charge is 0.398 e. The number of fused-ring (bicyclic) bond motifs is 1. The first kappa shape index (κ1) is 12.4. The van der Waals surface area contributed by atoms with Gasteiger partial charge in [-0.3, -0.25) is 0 Å². The topological polar surface area (TPSA) is 51.8 Å². The average molecular weight is 274 g/mol. The number of anilines is 1. The van der Waals surface area contributed by atoms with Gasteiger partial charge in [0.2, 0.25) is 0 Å². The highest BCUT2D eigenvalue weighted by molar-refractivity contribution is 6.31. The predicted octanol–water partition coefficient (Wildman–Crippen LogP) is 3.57. The quantitative estimate of drug-likeness (QED) is 0.808. The minimum atomic E-state index is 0.656. The Labute approximate surface area is 117 Å². The van der Waals surface area contributed by atoms with Crippen LogP contribution in [-0.4, -0.2) is 9.97 Å². The third-order valence-electron chi connectivity index (χ3n) is 3.65. The van der Waals surface area contributed by atoms with Crippen molar-refractivity contribution in [3.8, 4) is 11.4 Å². The number of rotatable bonds is 1. The van der Waals surface area contributed by atoms with E-state index in [2.05, 4.69) is 11.9 Å². The van der Waals surface area contributed by atoms with Crippen molar-refractivity contribution in [2.75, 3.05) is 5.73 Å². The first-order valence-corrected chi connectivity index (χ1v) is 6.95. The van der Waals surface area contributed by atoms with E-state index in [-0.39, 0.29) is 0 Å². The van der Waals surface area contributed by atoms with Crippen molar-refractivity contribution in [1.82, 2.24) is 9.97 Å². The number of halogens is 1. The standard InChI is InChI=1S/C15H16ClN3/c1-9-11-4-2-3-5-14(11)19-15(18-9)12-8-10(16)6-7-13(12)17/h6-8H,2-5,17H2,1H3. The lowest BCUT2D eigenvalue weighted by atomic mass is 9.94. The van der Waals surface area contributed by atoms with Gasteiger partial charge >= 0.3 is 0 Å². The number of aryl methyl sites for hydroxylation is 2. The fourth-order valence-electron chi connectivity index (χ4n) is 2.62. The van der Waals surface area contributed by atoms with Gasteiger partial charge in [0.05, 0.1) is 0 Å². The van der Waals surface area contributed by atoms with Gasteiger partial charge in [-0.2, -0.15) is 0 Å². The van der Waals surface area contributed by atoms with Crippen molar-refractivity contribution >= 4 is 17.3 Å². The fourth-order valence-corrected chi connectivity index (χ4v) is 2.80. The molecular formula is C15H16ClN3. The number of nitrogens with zero attached hydrogens (tertiary/aromatic N) is 2. The van der Waals surface area contributed by atoms with Crippen LogP contribution in [0.5, 0.6) is 0 Å². The van der Waals surface area contributed by atoms with Crippen molar-refractivity contribution in [1.29, 1.82) is 0 Å². The van der Waals surface area contributed by atoms with Gasteiger partial charge in [-0.1, -0.05) is 11.6 Å². The number of hydrogen-bond donors (Lipinski definition) is 1. The third kappa shape index (κ3) is 2.30. The Hall–Kier alpha value is -1.61. The molecular weight excluding hydrogens is 258 g/mol. The normalized spacial score (nSPS) is 14.2. The number of nitrogens with two attached hydrogens (primary N) is 1. The van der Waals surface area contributed by atoms with E-state index in [1.54, 1.807) is 12.1 Å². The molecule has 1 aliphatic rings. The van der Waals surface area contributed by atoms with Crippen LogP contribution in [-0.2, 0) is 12.8 Å². The Kier molecular flexibility index (Phi) is 3.15. The van der Waals surface area contributed by atoms with Crippen LogP contribution in [0.1, 0.15) is 29.8 Å². The summed E-state index contributed by atoms with van der Waals surface area (Å²) in [6, 6.07) is 5.42. The highest BCUT2D eigenvalue weighted by Gasteiger charge is 2.17. The van der Waals surface area contributed by atoms with E-state index >= 15 is 0 Å². The van der Waals surface area contributed by atoms with Gasteiger partial charge < -0.3 is 5.73 Å². The van der Waals surface area contributed by atoms with Crippen LogP contribution in [0.25, 0.3) is 11.4 Å². The summed E-state index contributed by atoms with van der Waals surface area (Å²) in [6.07, 6.45) is 4.56. The van der Waals surface area contributed by atoms with E-state index in [9.17, 15) is 0 Å². The lowest BCUT2D eigenvalue weighted by Gasteiger charge is -2.18. The van der Waals surface area contributed by atoms with Crippen molar-refractivity contribution in [3.05, 3.63) is 40.2 Å². The van der Waals surface area contributed by atoms with E-state index < -0.39 is 0 Å². The monoisotopic (exact) mass is 273 g/mol. The van der Waals surface area contributed by atoms with Crippen LogP contribution in [0, 0.1) is 6.92 Å². The Balaban J connectivity index is 2.15. The predicted molar refractivity (Wildman–Crippen MR) is 78.3 cm³/mol. The summed E-state index contributed by atoms with van der Waals surface area (Å²) < 4.78 is 0. The van der Waals surface area contributed by atoms with Crippen molar-refractivity contribution in [2.45, 2.75) is 32.6 Å². The molecule has 19 heavy (non-hydrogen) atoms. The molecule has 0 unspecified atom stereocenters. The maximum Gasteiger partial charge on any atom is 0.161 e. The molecule has 0 aliphatic heterocycles. The van der Waals surface area contributed by atoms with Gasteiger partial charge in [0.15, 0.2) is 5.82 Å². The molecule has 1 heterocycles. The first-order valence-electron chi connectivity index (χ1n) is 6.57. The summed E-state index contributed by atoms with van der Waals surface area (Å²) in [4.78, 5) is 9.31. The molecule has 0 saturated heterocycles. The number of aromatic nitrogens is 2. The molecule has 1 aromatic carbocycles.